The van der Waals surface area contributed by atoms with Crippen molar-refractivity contribution in [3.8, 4) is 5.75 Å². The Morgan fingerprint density at radius 3 is 2.73 bits per heavy atom. The first-order chi connectivity index (χ1) is 18.0. The number of carboxylic acids is 1. The summed E-state index contributed by atoms with van der Waals surface area (Å²) in [6.07, 6.45) is 3.36. The summed E-state index contributed by atoms with van der Waals surface area (Å²) in [4.78, 5) is 30.2. The summed E-state index contributed by atoms with van der Waals surface area (Å²) in [5, 5.41) is 8.88. The first kappa shape index (κ1) is 23.1. The van der Waals surface area contributed by atoms with Gasteiger partial charge in [0.1, 0.15) is 11.6 Å². The summed E-state index contributed by atoms with van der Waals surface area (Å²) in [5.41, 5.74) is 5.58. The lowest BCUT2D eigenvalue weighted by Gasteiger charge is -2.30. The number of aryl methyl sites for hydroxylation is 1. The minimum Gasteiger partial charge on any atom is -0.482 e. The van der Waals surface area contributed by atoms with Crippen LogP contribution in [0.4, 0.5) is 4.39 Å². The lowest BCUT2D eigenvalue weighted by Crippen LogP contribution is -2.38. The van der Waals surface area contributed by atoms with E-state index < -0.39 is 12.6 Å². The van der Waals surface area contributed by atoms with Gasteiger partial charge >= 0.3 is 5.97 Å². The summed E-state index contributed by atoms with van der Waals surface area (Å²) < 4.78 is 21.3. The van der Waals surface area contributed by atoms with Gasteiger partial charge in [-0.3, -0.25) is 9.36 Å². The van der Waals surface area contributed by atoms with E-state index in [1.54, 1.807) is 41.0 Å². The highest BCUT2D eigenvalue weighted by atomic mass is 32.1. The van der Waals surface area contributed by atoms with Crippen LogP contribution in [0.1, 0.15) is 34.7 Å². The maximum Gasteiger partial charge on any atom is 0.341 e. The SMILES string of the molecule is O=C(O)COc1cccc(C=c2sc3n(c2=O)C(c2ccc(F)cc2)C2=C(N=3)c3ccccc3CC2)c1. The Morgan fingerprint density at radius 2 is 1.92 bits per heavy atom. The Kier molecular flexibility index (Phi) is 5.81. The fourth-order valence-electron chi connectivity index (χ4n) is 4.96. The maximum atomic E-state index is 13.8. The van der Waals surface area contributed by atoms with Gasteiger partial charge in [-0.25, -0.2) is 14.2 Å². The molecule has 0 saturated carbocycles. The average molecular weight is 513 g/mol. The van der Waals surface area contributed by atoms with Crippen molar-refractivity contribution in [3.05, 3.63) is 126 Å². The third-order valence-electron chi connectivity index (χ3n) is 6.58. The van der Waals surface area contributed by atoms with E-state index in [-0.39, 0.29) is 17.4 Å². The predicted octanol–water partition coefficient (Wildman–Crippen LogP) is 3.92. The van der Waals surface area contributed by atoms with Gasteiger partial charge in [0.15, 0.2) is 11.4 Å². The normalized spacial score (nSPS) is 16.5. The first-order valence-electron chi connectivity index (χ1n) is 11.8. The van der Waals surface area contributed by atoms with Crippen LogP contribution in [0.5, 0.6) is 5.75 Å². The number of benzene rings is 3. The number of nitrogens with zero attached hydrogens (tertiary/aromatic N) is 2. The fourth-order valence-corrected chi connectivity index (χ4v) is 5.96. The van der Waals surface area contributed by atoms with Crippen molar-refractivity contribution in [3.63, 3.8) is 0 Å². The number of aliphatic carboxylic acids is 1. The largest absolute Gasteiger partial charge is 0.482 e. The second-order valence-electron chi connectivity index (χ2n) is 8.92. The molecule has 1 aliphatic heterocycles. The van der Waals surface area contributed by atoms with E-state index in [4.69, 9.17) is 14.8 Å². The molecule has 1 aromatic heterocycles. The molecule has 0 amide bonds. The molecule has 1 N–H and O–H groups in total. The number of fused-ring (bicyclic) bond motifs is 3. The van der Waals surface area contributed by atoms with Crippen molar-refractivity contribution in [2.45, 2.75) is 18.9 Å². The van der Waals surface area contributed by atoms with E-state index in [9.17, 15) is 14.0 Å². The van der Waals surface area contributed by atoms with Crippen molar-refractivity contribution in [1.29, 1.82) is 0 Å². The fraction of sp³-hybridized carbons (Fsp3) is 0.138. The number of allylic oxidation sites excluding steroid dienone is 1. The smallest absolute Gasteiger partial charge is 0.341 e. The van der Waals surface area contributed by atoms with Gasteiger partial charge in [-0.1, -0.05) is 59.9 Å². The van der Waals surface area contributed by atoms with Crippen LogP contribution < -0.4 is 19.6 Å². The molecule has 6 nitrogen and oxygen atoms in total. The molecule has 37 heavy (non-hydrogen) atoms. The molecular formula is C29H21FN2O4S. The summed E-state index contributed by atoms with van der Waals surface area (Å²) in [7, 11) is 0. The number of aromatic nitrogens is 1. The highest BCUT2D eigenvalue weighted by Crippen LogP contribution is 2.41. The van der Waals surface area contributed by atoms with Crippen molar-refractivity contribution in [1.82, 2.24) is 4.57 Å². The van der Waals surface area contributed by atoms with Gasteiger partial charge in [0.2, 0.25) is 0 Å². The average Bonchev–Trinajstić information content (AvgIpc) is 3.21. The molecular weight excluding hydrogens is 491 g/mol. The molecule has 8 heteroatoms. The molecule has 0 bridgehead atoms. The van der Waals surface area contributed by atoms with Gasteiger partial charge in [-0.05, 0) is 65.4 Å². The van der Waals surface area contributed by atoms with Crippen LogP contribution in [-0.2, 0) is 11.2 Å². The molecule has 2 heterocycles. The van der Waals surface area contributed by atoms with E-state index in [0.717, 1.165) is 35.2 Å². The number of carboxylic acid groups (broad SMARTS) is 1. The van der Waals surface area contributed by atoms with Crippen molar-refractivity contribution >= 4 is 29.1 Å². The van der Waals surface area contributed by atoms with Crippen LogP contribution in [0.15, 0.2) is 88.2 Å². The second kappa shape index (κ2) is 9.29. The predicted molar refractivity (Wildman–Crippen MR) is 139 cm³/mol. The number of carbonyl (C=O) groups is 1. The third-order valence-corrected chi connectivity index (χ3v) is 7.56. The zero-order chi connectivity index (χ0) is 25.5. The van der Waals surface area contributed by atoms with Crippen molar-refractivity contribution in [2.75, 3.05) is 6.61 Å². The maximum absolute atomic E-state index is 13.8. The van der Waals surface area contributed by atoms with Crippen LogP contribution in [0.25, 0.3) is 11.8 Å². The summed E-state index contributed by atoms with van der Waals surface area (Å²) in [6.45, 7) is -0.448. The second-order valence-corrected chi connectivity index (χ2v) is 9.93. The summed E-state index contributed by atoms with van der Waals surface area (Å²) >= 11 is 1.30. The van der Waals surface area contributed by atoms with Gasteiger partial charge < -0.3 is 9.84 Å². The topological polar surface area (TPSA) is 80.9 Å². The number of thiazole rings is 1. The number of halogens is 1. The lowest BCUT2D eigenvalue weighted by atomic mass is 9.83. The molecule has 1 aliphatic carbocycles. The number of hydrogen-bond acceptors (Lipinski definition) is 5. The van der Waals surface area contributed by atoms with E-state index >= 15 is 0 Å². The standard InChI is InChI=1S/C29H21FN2O4S/c30-20-11-8-19(9-12-20)27-23-13-10-18-5-1-2-7-22(18)26(23)31-29-32(27)28(35)24(37-29)15-17-4-3-6-21(14-17)36-16-25(33)34/h1-9,11-12,14-15,27H,10,13,16H2,(H,33,34). The third kappa shape index (κ3) is 4.29. The molecule has 184 valence electrons. The molecule has 1 atom stereocenters. The highest BCUT2D eigenvalue weighted by Gasteiger charge is 2.32. The Bertz CT molecular complexity index is 1750. The van der Waals surface area contributed by atoms with Crippen LogP contribution in [-0.4, -0.2) is 22.2 Å². The minimum absolute atomic E-state index is 0.180. The van der Waals surface area contributed by atoms with Gasteiger partial charge in [0.25, 0.3) is 5.56 Å². The van der Waals surface area contributed by atoms with Gasteiger partial charge in [-0.2, -0.15) is 0 Å². The summed E-state index contributed by atoms with van der Waals surface area (Å²) in [6, 6.07) is 21.0. The summed E-state index contributed by atoms with van der Waals surface area (Å²) in [5.74, 6) is -0.991. The molecule has 2 aliphatic rings. The van der Waals surface area contributed by atoms with Crippen molar-refractivity contribution < 1.29 is 19.0 Å². The van der Waals surface area contributed by atoms with Crippen LogP contribution in [0, 0.1) is 5.82 Å². The molecule has 0 radical (unpaired) electrons. The molecule has 0 saturated heterocycles. The molecule has 3 aromatic carbocycles. The lowest BCUT2D eigenvalue weighted by molar-refractivity contribution is -0.139. The van der Waals surface area contributed by atoms with Crippen LogP contribution in [0.3, 0.4) is 0 Å². The highest BCUT2D eigenvalue weighted by molar-refractivity contribution is 7.07. The van der Waals surface area contributed by atoms with Crippen LogP contribution in [0.2, 0.25) is 0 Å². The molecule has 6 rings (SSSR count). The first-order valence-corrected chi connectivity index (χ1v) is 12.6. The Morgan fingerprint density at radius 1 is 1.11 bits per heavy atom. The van der Waals surface area contributed by atoms with E-state index in [2.05, 4.69) is 12.1 Å². The number of hydrogen-bond donors (Lipinski definition) is 1. The number of rotatable bonds is 5. The zero-order valence-corrected chi connectivity index (χ0v) is 20.4. The zero-order valence-electron chi connectivity index (χ0n) is 19.6. The van der Waals surface area contributed by atoms with Crippen LogP contribution >= 0.6 is 11.3 Å². The van der Waals surface area contributed by atoms with E-state index in [1.807, 2.05) is 18.2 Å². The molecule has 1 unspecified atom stereocenters. The quantitative estimate of drug-likeness (QED) is 0.440. The van der Waals surface area contributed by atoms with Gasteiger partial charge in [0.05, 0.1) is 16.3 Å². The van der Waals surface area contributed by atoms with E-state index in [1.165, 1.54) is 29.0 Å². The molecule has 0 spiro atoms. The Hall–Kier alpha value is -4.30. The Balaban J connectivity index is 1.52. The van der Waals surface area contributed by atoms with E-state index in [0.29, 0.717) is 20.6 Å². The minimum atomic E-state index is -1.06. The molecule has 4 aromatic rings. The molecule has 0 fully saturated rings. The number of ether oxygens (including phenoxy) is 1. The monoisotopic (exact) mass is 512 g/mol. The Labute approximate surface area is 214 Å². The van der Waals surface area contributed by atoms with Gasteiger partial charge in [-0.15, -0.1) is 0 Å². The van der Waals surface area contributed by atoms with Crippen molar-refractivity contribution in [2.24, 2.45) is 4.99 Å². The van der Waals surface area contributed by atoms with Gasteiger partial charge in [0, 0.05) is 5.56 Å².